The summed E-state index contributed by atoms with van der Waals surface area (Å²) in [5, 5.41) is 11.3. The summed E-state index contributed by atoms with van der Waals surface area (Å²) in [7, 11) is 0. The molecule has 0 radical (unpaired) electrons. The third kappa shape index (κ3) is 2.83. The van der Waals surface area contributed by atoms with Crippen LogP contribution >= 0.6 is 0 Å². The molecule has 0 saturated heterocycles. The molecule has 5 heteroatoms. The number of benzene rings is 2. The van der Waals surface area contributed by atoms with E-state index in [0.717, 1.165) is 0 Å². The second kappa shape index (κ2) is 5.52. The van der Waals surface area contributed by atoms with Crippen LogP contribution in [0, 0.1) is 12.7 Å². The number of carbonyl (C=O) groups excluding carboxylic acids is 1. The molecule has 0 aromatic heterocycles. The first-order chi connectivity index (χ1) is 9.49. The number of aryl methyl sites for hydroxylation is 1. The first-order valence-corrected chi connectivity index (χ1v) is 5.89. The average Bonchev–Trinajstić information content (AvgIpc) is 2.42. The second-order valence-corrected chi connectivity index (χ2v) is 4.27. The third-order valence-corrected chi connectivity index (χ3v) is 2.83. The Morgan fingerprint density at radius 2 is 1.75 bits per heavy atom. The van der Waals surface area contributed by atoms with Crippen LogP contribution in [0.2, 0.25) is 0 Å². The quantitative estimate of drug-likeness (QED) is 0.903. The van der Waals surface area contributed by atoms with Gasteiger partial charge in [0.15, 0.2) is 0 Å². The van der Waals surface area contributed by atoms with E-state index in [1.165, 1.54) is 30.3 Å². The van der Waals surface area contributed by atoms with Gasteiger partial charge in [0.05, 0.1) is 11.1 Å². The molecule has 0 aliphatic rings. The summed E-state index contributed by atoms with van der Waals surface area (Å²) < 4.78 is 13.8. The molecule has 2 aromatic rings. The molecule has 0 saturated carbocycles. The lowest BCUT2D eigenvalue weighted by Crippen LogP contribution is -2.14. The van der Waals surface area contributed by atoms with E-state index in [2.05, 4.69) is 5.32 Å². The molecule has 2 rings (SSSR count). The van der Waals surface area contributed by atoms with Gasteiger partial charge in [-0.05, 0) is 42.8 Å². The Kier molecular flexibility index (Phi) is 3.79. The fourth-order valence-electron chi connectivity index (χ4n) is 1.72. The summed E-state index contributed by atoms with van der Waals surface area (Å²) in [6.45, 7) is 1.58. The van der Waals surface area contributed by atoms with E-state index in [0.29, 0.717) is 11.3 Å². The van der Waals surface area contributed by atoms with Crippen LogP contribution in [0.25, 0.3) is 0 Å². The molecule has 20 heavy (non-hydrogen) atoms. The van der Waals surface area contributed by atoms with Crippen molar-refractivity contribution in [2.75, 3.05) is 5.32 Å². The van der Waals surface area contributed by atoms with Crippen LogP contribution in [0.3, 0.4) is 0 Å². The number of anilines is 1. The zero-order valence-electron chi connectivity index (χ0n) is 10.7. The van der Waals surface area contributed by atoms with E-state index in [-0.39, 0.29) is 11.1 Å². The van der Waals surface area contributed by atoms with Crippen molar-refractivity contribution >= 4 is 17.6 Å². The molecule has 4 nitrogen and oxygen atoms in total. The monoisotopic (exact) mass is 273 g/mol. The number of carboxylic acid groups (broad SMARTS) is 1. The minimum absolute atomic E-state index is 0.0488. The highest BCUT2D eigenvalue weighted by molar-refractivity contribution is 6.04. The van der Waals surface area contributed by atoms with Gasteiger partial charge in [0.25, 0.3) is 5.91 Å². The first kappa shape index (κ1) is 13.7. The Labute approximate surface area is 114 Å². The number of aromatic carboxylic acids is 1. The van der Waals surface area contributed by atoms with Gasteiger partial charge in [-0.25, -0.2) is 9.18 Å². The smallest absolute Gasteiger partial charge is 0.335 e. The molecule has 2 N–H and O–H groups in total. The fourth-order valence-corrected chi connectivity index (χ4v) is 1.72. The molecule has 0 unspecified atom stereocenters. The van der Waals surface area contributed by atoms with E-state index in [1.54, 1.807) is 19.1 Å². The first-order valence-electron chi connectivity index (χ1n) is 5.89. The highest BCUT2D eigenvalue weighted by atomic mass is 19.1. The Hall–Kier alpha value is -2.69. The minimum atomic E-state index is -1.05. The molecular formula is C15H12FNO3. The predicted molar refractivity (Wildman–Crippen MR) is 72.5 cm³/mol. The van der Waals surface area contributed by atoms with Gasteiger partial charge in [-0.15, -0.1) is 0 Å². The average molecular weight is 273 g/mol. The molecule has 0 bridgehead atoms. The number of rotatable bonds is 3. The molecule has 102 valence electrons. The number of carboxylic acids is 1. The van der Waals surface area contributed by atoms with E-state index in [1.807, 2.05) is 0 Å². The Balaban J connectivity index is 2.19. The van der Waals surface area contributed by atoms with Crippen molar-refractivity contribution in [3.05, 3.63) is 65.0 Å². The zero-order chi connectivity index (χ0) is 14.7. The number of hydrogen-bond acceptors (Lipinski definition) is 2. The van der Waals surface area contributed by atoms with Crippen molar-refractivity contribution in [2.24, 2.45) is 0 Å². The third-order valence-electron chi connectivity index (χ3n) is 2.83. The van der Waals surface area contributed by atoms with Crippen LogP contribution in [0.5, 0.6) is 0 Å². The van der Waals surface area contributed by atoms with Crippen molar-refractivity contribution in [1.82, 2.24) is 0 Å². The second-order valence-electron chi connectivity index (χ2n) is 4.27. The normalized spacial score (nSPS) is 10.1. The molecule has 2 aromatic carbocycles. The van der Waals surface area contributed by atoms with Gasteiger partial charge in [0, 0.05) is 5.69 Å². The van der Waals surface area contributed by atoms with Gasteiger partial charge in [-0.3, -0.25) is 4.79 Å². The summed E-state index contributed by atoms with van der Waals surface area (Å²) in [6, 6.07) is 10.2. The summed E-state index contributed by atoms with van der Waals surface area (Å²) >= 11 is 0. The Morgan fingerprint density at radius 3 is 2.35 bits per heavy atom. The molecule has 0 atom stereocenters. The lowest BCUT2D eigenvalue weighted by molar-refractivity contribution is 0.0696. The molecular weight excluding hydrogens is 261 g/mol. The number of halogens is 1. The fraction of sp³-hybridized carbons (Fsp3) is 0.0667. The summed E-state index contributed by atoms with van der Waals surface area (Å²) in [5.41, 5.74) is 0.858. The van der Waals surface area contributed by atoms with Crippen LogP contribution in [-0.4, -0.2) is 17.0 Å². The topological polar surface area (TPSA) is 66.4 Å². The van der Waals surface area contributed by atoms with Crippen LogP contribution in [0.4, 0.5) is 10.1 Å². The van der Waals surface area contributed by atoms with Crippen LogP contribution in [0.15, 0.2) is 42.5 Å². The highest BCUT2D eigenvalue weighted by Gasteiger charge is 2.13. The van der Waals surface area contributed by atoms with E-state index < -0.39 is 17.7 Å². The van der Waals surface area contributed by atoms with Crippen LogP contribution < -0.4 is 5.32 Å². The molecule has 0 aliphatic heterocycles. The maximum atomic E-state index is 13.8. The largest absolute Gasteiger partial charge is 0.478 e. The highest BCUT2D eigenvalue weighted by Crippen LogP contribution is 2.15. The van der Waals surface area contributed by atoms with E-state index in [9.17, 15) is 14.0 Å². The summed E-state index contributed by atoms with van der Waals surface area (Å²) in [4.78, 5) is 22.6. The molecule has 0 fully saturated rings. The maximum Gasteiger partial charge on any atom is 0.335 e. The minimum Gasteiger partial charge on any atom is -0.478 e. The molecule has 0 aliphatic carbocycles. The number of hydrogen-bond donors (Lipinski definition) is 2. The number of nitrogens with one attached hydrogen (secondary N) is 1. The lowest BCUT2D eigenvalue weighted by Gasteiger charge is -2.07. The van der Waals surface area contributed by atoms with Crippen LogP contribution in [-0.2, 0) is 0 Å². The molecule has 0 heterocycles. The molecule has 1 amide bonds. The van der Waals surface area contributed by atoms with Crippen molar-refractivity contribution in [1.29, 1.82) is 0 Å². The zero-order valence-corrected chi connectivity index (χ0v) is 10.7. The van der Waals surface area contributed by atoms with Crippen molar-refractivity contribution < 1.29 is 19.1 Å². The van der Waals surface area contributed by atoms with Crippen molar-refractivity contribution in [3.8, 4) is 0 Å². The predicted octanol–water partition coefficient (Wildman–Crippen LogP) is 3.08. The van der Waals surface area contributed by atoms with E-state index in [4.69, 9.17) is 5.11 Å². The SMILES string of the molecule is Cc1cccc(C(=O)Nc2ccc(C(=O)O)cc2)c1F. The summed E-state index contributed by atoms with van der Waals surface area (Å²) in [6.07, 6.45) is 0. The van der Waals surface area contributed by atoms with Crippen molar-refractivity contribution in [2.45, 2.75) is 6.92 Å². The van der Waals surface area contributed by atoms with E-state index >= 15 is 0 Å². The number of amides is 1. The Morgan fingerprint density at radius 1 is 1.10 bits per heavy atom. The van der Waals surface area contributed by atoms with Crippen LogP contribution in [0.1, 0.15) is 26.3 Å². The van der Waals surface area contributed by atoms with Crippen molar-refractivity contribution in [3.63, 3.8) is 0 Å². The standard InChI is InChI=1S/C15H12FNO3/c1-9-3-2-4-12(13(9)16)14(18)17-11-7-5-10(6-8-11)15(19)20/h2-8H,1H3,(H,17,18)(H,19,20). The van der Waals surface area contributed by atoms with Gasteiger partial charge in [0.1, 0.15) is 5.82 Å². The molecule has 0 spiro atoms. The van der Waals surface area contributed by atoms with Gasteiger partial charge < -0.3 is 10.4 Å². The maximum absolute atomic E-state index is 13.8. The van der Waals surface area contributed by atoms with Gasteiger partial charge in [-0.2, -0.15) is 0 Å². The van der Waals surface area contributed by atoms with Gasteiger partial charge >= 0.3 is 5.97 Å². The number of carbonyl (C=O) groups is 2. The summed E-state index contributed by atoms with van der Waals surface area (Å²) in [5.74, 6) is -2.19. The Bertz CT molecular complexity index is 665. The lowest BCUT2D eigenvalue weighted by atomic mass is 10.1. The van der Waals surface area contributed by atoms with Gasteiger partial charge in [-0.1, -0.05) is 12.1 Å². The van der Waals surface area contributed by atoms with Gasteiger partial charge in [0.2, 0.25) is 0 Å².